The van der Waals surface area contributed by atoms with E-state index in [1.165, 1.54) is 37.3 Å². The Morgan fingerprint density at radius 3 is 2.22 bits per heavy atom. The predicted octanol–water partition coefficient (Wildman–Crippen LogP) is 4.99. The Balaban J connectivity index is 2.04. The largest absolute Gasteiger partial charge is 0.493 e. The van der Waals surface area contributed by atoms with Crippen LogP contribution in [0.3, 0.4) is 0 Å². The number of rotatable bonds is 13. The highest BCUT2D eigenvalue weighted by molar-refractivity contribution is 9.10. The van der Waals surface area contributed by atoms with Crippen molar-refractivity contribution in [2.24, 2.45) is 0 Å². The fourth-order valence-electron chi connectivity index (χ4n) is 4.11. The minimum absolute atomic E-state index is 0.0760. The lowest BCUT2D eigenvalue weighted by Gasteiger charge is -2.32. The van der Waals surface area contributed by atoms with Crippen LogP contribution in [0.5, 0.6) is 11.5 Å². The van der Waals surface area contributed by atoms with E-state index in [9.17, 15) is 18.0 Å². The van der Waals surface area contributed by atoms with Gasteiger partial charge in [-0.05, 0) is 62.2 Å². The van der Waals surface area contributed by atoms with Crippen LogP contribution in [-0.2, 0) is 26.2 Å². The fraction of sp³-hybridized carbons (Fsp3) is 0.333. The van der Waals surface area contributed by atoms with Crippen molar-refractivity contribution in [2.75, 3.05) is 25.1 Å². The van der Waals surface area contributed by atoms with Crippen molar-refractivity contribution in [3.05, 3.63) is 82.8 Å². The molecule has 0 bridgehead atoms. The molecule has 0 saturated heterocycles. The summed E-state index contributed by atoms with van der Waals surface area (Å²) in [7, 11) is -1.37. The molecule has 0 saturated carbocycles. The third-order valence-corrected chi connectivity index (χ3v) is 8.94. The Morgan fingerprint density at radius 1 is 0.927 bits per heavy atom. The van der Waals surface area contributed by atoms with Crippen LogP contribution in [0.2, 0.25) is 0 Å². The Morgan fingerprint density at radius 2 is 1.61 bits per heavy atom. The number of nitrogens with one attached hydrogen (secondary N) is 1. The SMILES string of the molecule is CC[C@H](C)NC(=O)[C@H](C)N(Cc1cccc(Br)c1)C(=O)CN(c1ccccc1)S(=O)(=O)c1ccc(OC)c(OC)c1. The minimum atomic E-state index is -4.25. The number of nitrogens with zero attached hydrogens (tertiary/aromatic N) is 2. The highest BCUT2D eigenvalue weighted by Crippen LogP contribution is 2.32. The van der Waals surface area contributed by atoms with Crippen LogP contribution in [0.1, 0.15) is 32.8 Å². The van der Waals surface area contributed by atoms with Crippen LogP contribution < -0.4 is 19.1 Å². The van der Waals surface area contributed by atoms with Crippen LogP contribution in [0.15, 0.2) is 82.2 Å². The molecule has 0 aliphatic rings. The molecule has 0 spiro atoms. The average Bonchev–Trinajstić information content (AvgIpc) is 2.97. The normalized spacial score (nSPS) is 12.6. The zero-order chi connectivity index (χ0) is 30.2. The molecule has 9 nitrogen and oxygen atoms in total. The van der Waals surface area contributed by atoms with Gasteiger partial charge >= 0.3 is 0 Å². The minimum Gasteiger partial charge on any atom is -0.493 e. The summed E-state index contributed by atoms with van der Waals surface area (Å²) in [6.45, 7) is 5.06. The fourth-order valence-corrected chi connectivity index (χ4v) is 5.98. The third kappa shape index (κ3) is 8.01. The van der Waals surface area contributed by atoms with Crippen LogP contribution in [-0.4, -0.2) is 58.0 Å². The van der Waals surface area contributed by atoms with Crippen LogP contribution in [0.25, 0.3) is 0 Å². The molecular formula is C30H36BrN3O6S. The van der Waals surface area contributed by atoms with E-state index in [4.69, 9.17) is 9.47 Å². The number of para-hydroxylation sites is 1. The monoisotopic (exact) mass is 645 g/mol. The van der Waals surface area contributed by atoms with Crippen LogP contribution in [0.4, 0.5) is 5.69 Å². The summed E-state index contributed by atoms with van der Waals surface area (Å²) in [5.74, 6) is -0.254. The number of benzene rings is 3. The van der Waals surface area contributed by atoms with E-state index in [0.717, 1.165) is 20.8 Å². The number of methoxy groups -OCH3 is 2. The van der Waals surface area contributed by atoms with Crippen molar-refractivity contribution in [1.29, 1.82) is 0 Å². The molecule has 0 aliphatic heterocycles. The molecule has 41 heavy (non-hydrogen) atoms. The molecule has 3 aromatic carbocycles. The molecule has 1 N–H and O–H groups in total. The van der Waals surface area contributed by atoms with Crippen molar-refractivity contribution >= 4 is 43.5 Å². The third-order valence-electron chi connectivity index (χ3n) is 6.68. The maximum atomic E-state index is 14.0. The molecular weight excluding hydrogens is 610 g/mol. The molecule has 3 aromatic rings. The highest BCUT2D eigenvalue weighted by atomic mass is 79.9. The Labute approximate surface area is 250 Å². The smallest absolute Gasteiger partial charge is 0.264 e. The number of halogens is 1. The van der Waals surface area contributed by atoms with Gasteiger partial charge in [-0.1, -0.05) is 53.2 Å². The number of hydrogen-bond acceptors (Lipinski definition) is 6. The summed E-state index contributed by atoms with van der Waals surface area (Å²) in [5, 5.41) is 2.93. The maximum absolute atomic E-state index is 14.0. The van der Waals surface area contributed by atoms with E-state index >= 15 is 0 Å². The molecule has 11 heteroatoms. The maximum Gasteiger partial charge on any atom is 0.264 e. The van der Waals surface area contributed by atoms with Gasteiger partial charge in [0.15, 0.2) is 11.5 Å². The summed E-state index contributed by atoms with van der Waals surface area (Å²) in [6.07, 6.45) is 0.726. The number of amides is 2. The topological polar surface area (TPSA) is 105 Å². The molecule has 2 amide bonds. The van der Waals surface area contributed by atoms with Crippen molar-refractivity contribution < 1.29 is 27.5 Å². The zero-order valence-corrected chi connectivity index (χ0v) is 26.2. The first-order valence-corrected chi connectivity index (χ1v) is 15.4. The Hall–Kier alpha value is -3.57. The molecule has 0 heterocycles. The number of sulfonamides is 1. The summed E-state index contributed by atoms with van der Waals surface area (Å²) < 4.78 is 40.5. The quantitative estimate of drug-likeness (QED) is 0.281. The molecule has 0 aromatic heterocycles. The summed E-state index contributed by atoms with van der Waals surface area (Å²) in [6, 6.07) is 19.1. The summed E-state index contributed by atoms with van der Waals surface area (Å²) in [5.41, 5.74) is 1.08. The van der Waals surface area contributed by atoms with E-state index in [2.05, 4.69) is 21.2 Å². The van der Waals surface area contributed by atoms with Crippen molar-refractivity contribution in [2.45, 2.75) is 50.7 Å². The summed E-state index contributed by atoms with van der Waals surface area (Å²) >= 11 is 3.45. The number of hydrogen-bond donors (Lipinski definition) is 1. The van der Waals surface area contributed by atoms with Crippen LogP contribution >= 0.6 is 15.9 Å². The van der Waals surface area contributed by atoms with Gasteiger partial charge in [-0.3, -0.25) is 13.9 Å². The molecule has 0 unspecified atom stereocenters. The Bertz CT molecular complexity index is 1450. The number of carbonyl (C=O) groups excluding carboxylic acids is 2. The van der Waals surface area contributed by atoms with E-state index in [-0.39, 0.29) is 29.1 Å². The molecule has 0 radical (unpaired) electrons. The lowest BCUT2D eigenvalue weighted by atomic mass is 10.1. The van der Waals surface area contributed by atoms with Gasteiger partial charge in [0.25, 0.3) is 10.0 Å². The van der Waals surface area contributed by atoms with Crippen molar-refractivity contribution in [3.63, 3.8) is 0 Å². The molecule has 2 atom stereocenters. The average molecular weight is 647 g/mol. The standard InChI is InChI=1S/C30H36BrN3O6S/c1-6-21(2)32-30(36)22(3)33(19-23-11-10-12-24(31)17-23)29(35)20-34(25-13-8-7-9-14-25)41(37,38)26-15-16-27(39-4)28(18-26)40-5/h7-18,21-22H,6,19-20H2,1-5H3,(H,32,36)/t21-,22-/m0/s1. The Kier molecular flexibility index (Phi) is 11.2. The van der Waals surface area contributed by atoms with Gasteiger partial charge in [-0.15, -0.1) is 0 Å². The summed E-state index contributed by atoms with van der Waals surface area (Å²) in [4.78, 5) is 28.5. The van der Waals surface area contributed by atoms with Gasteiger partial charge in [-0.2, -0.15) is 0 Å². The predicted molar refractivity (Wildman–Crippen MR) is 163 cm³/mol. The molecule has 0 fully saturated rings. The number of anilines is 1. The zero-order valence-electron chi connectivity index (χ0n) is 23.8. The highest BCUT2D eigenvalue weighted by Gasteiger charge is 2.33. The second kappa shape index (κ2) is 14.4. The van der Waals surface area contributed by atoms with E-state index in [0.29, 0.717) is 11.4 Å². The van der Waals surface area contributed by atoms with Crippen molar-refractivity contribution in [1.82, 2.24) is 10.2 Å². The van der Waals surface area contributed by atoms with Gasteiger partial charge in [0, 0.05) is 23.1 Å². The first-order chi connectivity index (χ1) is 19.5. The van der Waals surface area contributed by atoms with Gasteiger partial charge in [0.1, 0.15) is 12.6 Å². The van der Waals surface area contributed by atoms with Gasteiger partial charge in [0.2, 0.25) is 11.8 Å². The van der Waals surface area contributed by atoms with E-state index in [1.807, 2.05) is 38.1 Å². The lowest BCUT2D eigenvalue weighted by molar-refractivity contribution is -0.139. The molecule has 220 valence electrons. The second-order valence-electron chi connectivity index (χ2n) is 9.51. The van der Waals surface area contributed by atoms with E-state index < -0.39 is 28.5 Å². The van der Waals surface area contributed by atoms with E-state index in [1.54, 1.807) is 37.3 Å². The lowest BCUT2D eigenvalue weighted by Crippen LogP contribution is -2.52. The number of carbonyl (C=O) groups is 2. The van der Waals surface area contributed by atoms with Gasteiger partial charge in [0.05, 0.1) is 24.8 Å². The number of ether oxygens (including phenoxy) is 2. The van der Waals surface area contributed by atoms with Gasteiger partial charge in [-0.25, -0.2) is 8.42 Å². The van der Waals surface area contributed by atoms with Crippen molar-refractivity contribution in [3.8, 4) is 11.5 Å². The second-order valence-corrected chi connectivity index (χ2v) is 12.3. The molecule has 0 aliphatic carbocycles. The molecule has 3 rings (SSSR count). The first kappa shape index (κ1) is 32.0. The first-order valence-electron chi connectivity index (χ1n) is 13.2. The van der Waals surface area contributed by atoms with Crippen LogP contribution in [0, 0.1) is 0 Å². The van der Waals surface area contributed by atoms with Gasteiger partial charge < -0.3 is 19.7 Å².